The van der Waals surface area contributed by atoms with Crippen molar-refractivity contribution in [1.82, 2.24) is 24.4 Å². The second-order valence-corrected chi connectivity index (χ2v) is 9.88. The van der Waals surface area contributed by atoms with Gasteiger partial charge >= 0.3 is 0 Å². The Morgan fingerprint density at radius 3 is 2.59 bits per heavy atom. The topological polar surface area (TPSA) is 87.5 Å². The van der Waals surface area contributed by atoms with E-state index in [9.17, 15) is 4.79 Å². The Bertz CT molecular complexity index is 1830. The molecule has 4 aromatic heterocycles. The predicted molar refractivity (Wildman–Crippen MR) is 153 cm³/mol. The highest BCUT2D eigenvalue weighted by Crippen LogP contribution is 2.25. The summed E-state index contributed by atoms with van der Waals surface area (Å²) >= 11 is 1.29. The van der Waals surface area contributed by atoms with Crippen molar-refractivity contribution in [2.75, 3.05) is 6.61 Å². The first-order chi connectivity index (χ1) is 19.2. The molecule has 2 aromatic carbocycles. The first-order valence-electron chi connectivity index (χ1n) is 12.7. The van der Waals surface area contributed by atoms with E-state index < -0.39 is 0 Å². The lowest BCUT2D eigenvalue weighted by atomic mass is 10.2. The third-order valence-corrected chi connectivity index (χ3v) is 7.03. The maximum atomic E-state index is 13.2. The Morgan fingerprint density at radius 1 is 1.00 bits per heavy atom. The van der Waals surface area contributed by atoms with Crippen LogP contribution in [0.15, 0.2) is 88.4 Å². The van der Waals surface area contributed by atoms with Gasteiger partial charge in [0.15, 0.2) is 11.6 Å². The number of furan rings is 1. The summed E-state index contributed by atoms with van der Waals surface area (Å²) in [5.74, 6) is 1.95. The monoisotopic (exact) mass is 535 g/mol. The molecule has 0 saturated carbocycles. The minimum atomic E-state index is -0.228. The van der Waals surface area contributed by atoms with Crippen molar-refractivity contribution in [1.29, 1.82) is 0 Å². The normalized spacial score (nSPS) is 12.2. The Kier molecular flexibility index (Phi) is 6.88. The van der Waals surface area contributed by atoms with Gasteiger partial charge in [-0.1, -0.05) is 61.1 Å². The Morgan fingerprint density at radius 2 is 1.85 bits per heavy atom. The number of unbranched alkanes of at least 4 members (excludes halogenated alkanes) is 1. The van der Waals surface area contributed by atoms with E-state index in [4.69, 9.17) is 14.3 Å². The molecule has 0 saturated heterocycles. The molecule has 0 spiro atoms. The molecule has 0 bridgehead atoms. The minimum Gasteiger partial charge on any atom is -0.494 e. The zero-order valence-corrected chi connectivity index (χ0v) is 22.0. The van der Waals surface area contributed by atoms with Crippen LogP contribution in [-0.4, -0.2) is 31.0 Å². The van der Waals surface area contributed by atoms with Gasteiger partial charge < -0.3 is 9.15 Å². The van der Waals surface area contributed by atoms with Gasteiger partial charge in [0, 0.05) is 11.8 Å². The van der Waals surface area contributed by atoms with Crippen LogP contribution in [0.2, 0.25) is 0 Å². The van der Waals surface area contributed by atoms with Crippen molar-refractivity contribution in [3.05, 3.63) is 111 Å². The number of fused-ring (bicyclic) bond motifs is 1. The van der Waals surface area contributed by atoms with Crippen molar-refractivity contribution < 1.29 is 9.15 Å². The maximum absolute atomic E-state index is 13.2. The van der Waals surface area contributed by atoms with E-state index in [0.29, 0.717) is 26.8 Å². The van der Waals surface area contributed by atoms with E-state index >= 15 is 0 Å². The fourth-order valence-corrected chi connectivity index (χ4v) is 4.96. The van der Waals surface area contributed by atoms with Gasteiger partial charge in [-0.15, -0.1) is 5.10 Å². The molecule has 0 aliphatic carbocycles. The van der Waals surface area contributed by atoms with Crippen molar-refractivity contribution >= 4 is 34.5 Å². The van der Waals surface area contributed by atoms with Crippen LogP contribution in [0.3, 0.4) is 0 Å². The molecule has 0 atom stereocenters. The number of aromatic nitrogens is 5. The van der Waals surface area contributed by atoms with E-state index in [1.54, 1.807) is 17.0 Å². The summed E-state index contributed by atoms with van der Waals surface area (Å²) in [5, 5.41) is 9.14. The molecule has 4 heterocycles. The SMILES string of the molecule is CCCCOc1ccc(/C=C/c2nc3s/c(=C\c4cn(-c5ccccc5)nc4-c4ccco4)c(=O)n3n2)cc1. The summed E-state index contributed by atoms with van der Waals surface area (Å²) < 4.78 is 15.0. The molecule has 0 fully saturated rings. The number of ether oxygens (including phenoxy) is 1. The summed E-state index contributed by atoms with van der Waals surface area (Å²) in [4.78, 5) is 18.3. The van der Waals surface area contributed by atoms with E-state index in [0.717, 1.165) is 42.0 Å². The molecule has 0 aliphatic rings. The Labute approximate surface area is 228 Å². The zero-order valence-electron chi connectivity index (χ0n) is 21.2. The van der Waals surface area contributed by atoms with Crippen molar-refractivity contribution in [2.24, 2.45) is 0 Å². The van der Waals surface area contributed by atoms with Crippen LogP contribution >= 0.6 is 11.3 Å². The highest BCUT2D eigenvalue weighted by Gasteiger charge is 2.15. The van der Waals surface area contributed by atoms with Gasteiger partial charge in [-0.3, -0.25) is 4.79 Å². The van der Waals surface area contributed by atoms with Gasteiger partial charge in [0.25, 0.3) is 5.56 Å². The van der Waals surface area contributed by atoms with E-state index in [-0.39, 0.29) is 5.56 Å². The highest BCUT2D eigenvalue weighted by atomic mass is 32.1. The molecule has 194 valence electrons. The molecular weight excluding hydrogens is 510 g/mol. The summed E-state index contributed by atoms with van der Waals surface area (Å²) in [6, 6.07) is 21.3. The summed E-state index contributed by atoms with van der Waals surface area (Å²) in [7, 11) is 0. The van der Waals surface area contributed by atoms with Crippen molar-refractivity contribution in [2.45, 2.75) is 19.8 Å². The number of para-hydroxylation sites is 1. The molecule has 0 amide bonds. The maximum Gasteiger partial charge on any atom is 0.291 e. The quantitative estimate of drug-likeness (QED) is 0.228. The summed E-state index contributed by atoms with van der Waals surface area (Å²) in [5.41, 5.74) is 3.08. The van der Waals surface area contributed by atoms with Gasteiger partial charge in [-0.05, 0) is 60.5 Å². The van der Waals surface area contributed by atoms with Crippen LogP contribution in [0.4, 0.5) is 0 Å². The van der Waals surface area contributed by atoms with Crippen LogP contribution in [0.25, 0.3) is 40.3 Å². The third-order valence-electron chi connectivity index (χ3n) is 6.07. The van der Waals surface area contributed by atoms with Gasteiger partial charge in [-0.2, -0.15) is 14.6 Å². The lowest BCUT2D eigenvalue weighted by Crippen LogP contribution is -2.23. The number of rotatable bonds is 9. The van der Waals surface area contributed by atoms with Crippen molar-refractivity contribution in [3.63, 3.8) is 0 Å². The smallest absolute Gasteiger partial charge is 0.291 e. The molecule has 39 heavy (non-hydrogen) atoms. The minimum absolute atomic E-state index is 0.228. The molecule has 6 aromatic rings. The largest absolute Gasteiger partial charge is 0.494 e. The molecule has 8 nitrogen and oxygen atoms in total. The van der Waals surface area contributed by atoms with Crippen LogP contribution in [-0.2, 0) is 0 Å². The number of thiazole rings is 1. The molecular formula is C30H25N5O3S. The molecule has 6 rings (SSSR count). The Balaban J connectivity index is 1.28. The number of benzene rings is 2. The highest BCUT2D eigenvalue weighted by molar-refractivity contribution is 7.15. The fourth-order valence-electron chi connectivity index (χ4n) is 4.05. The van der Waals surface area contributed by atoms with Crippen LogP contribution in [0.1, 0.15) is 36.7 Å². The van der Waals surface area contributed by atoms with Crippen LogP contribution < -0.4 is 14.8 Å². The number of hydrogen-bond acceptors (Lipinski definition) is 7. The van der Waals surface area contributed by atoms with Crippen LogP contribution in [0.5, 0.6) is 5.75 Å². The first kappa shape index (κ1) is 24.6. The molecule has 0 N–H and O–H groups in total. The standard InChI is InChI=1S/C30H25N5O3S/c1-2-3-17-37-24-14-11-21(12-15-24)13-16-27-31-30-35(32-27)29(36)26(39-30)19-22-20-34(23-8-5-4-6-9-23)33-28(22)25-10-7-18-38-25/h4-16,18-20H,2-3,17H2,1H3/b16-13+,26-19-. The predicted octanol–water partition coefficient (Wildman–Crippen LogP) is 5.49. The molecule has 0 aliphatic heterocycles. The summed E-state index contributed by atoms with van der Waals surface area (Å²) in [6.07, 6.45) is 11.2. The van der Waals surface area contributed by atoms with Crippen molar-refractivity contribution in [3.8, 4) is 22.9 Å². The van der Waals surface area contributed by atoms with Crippen LogP contribution in [0, 0.1) is 0 Å². The third kappa shape index (κ3) is 5.30. The van der Waals surface area contributed by atoms with E-state index in [1.807, 2.05) is 85.1 Å². The Hall–Kier alpha value is -4.76. The van der Waals surface area contributed by atoms with Gasteiger partial charge in [0.05, 0.1) is 23.1 Å². The zero-order chi connectivity index (χ0) is 26.6. The average molecular weight is 536 g/mol. The first-order valence-corrected chi connectivity index (χ1v) is 13.5. The van der Waals surface area contributed by atoms with Gasteiger partial charge in [0.1, 0.15) is 11.4 Å². The second-order valence-electron chi connectivity index (χ2n) is 8.88. The molecule has 0 radical (unpaired) electrons. The number of hydrogen-bond donors (Lipinski definition) is 0. The molecule has 0 unspecified atom stereocenters. The fraction of sp³-hybridized carbons (Fsp3) is 0.133. The number of nitrogens with zero attached hydrogens (tertiary/aromatic N) is 5. The molecule has 9 heteroatoms. The van der Waals surface area contributed by atoms with Gasteiger partial charge in [-0.25, -0.2) is 4.68 Å². The second kappa shape index (κ2) is 10.9. The van der Waals surface area contributed by atoms with E-state index in [1.165, 1.54) is 15.9 Å². The average Bonchev–Trinajstić information content (AvgIpc) is 3.76. The lowest BCUT2D eigenvalue weighted by Gasteiger charge is -2.04. The van der Waals surface area contributed by atoms with E-state index in [2.05, 4.69) is 17.0 Å². The summed E-state index contributed by atoms with van der Waals surface area (Å²) in [6.45, 7) is 2.86. The van der Waals surface area contributed by atoms with Gasteiger partial charge in [0.2, 0.25) is 4.96 Å². The lowest BCUT2D eigenvalue weighted by molar-refractivity contribution is 0.309.